The van der Waals surface area contributed by atoms with E-state index in [-0.39, 0.29) is 53.0 Å². The van der Waals surface area contributed by atoms with Gasteiger partial charge in [0.1, 0.15) is 12.4 Å². The van der Waals surface area contributed by atoms with E-state index < -0.39 is 23.1 Å². The van der Waals surface area contributed by atoms with Gasteiger partial charge in [0, 0.05) is 43.9 Å². The first-order valence-electron chi connectivity index (χ1n) is 12.0. The van der Waals surface area contributed by atoms with E-state index in [2.05, 4.69) is 30.4 Å². The van der Waals surface area contributed by atoms with Crippen molar-refractivity contribution < 1.29 is 18.1 Å². The van der Waals surface area contributed by atoms with Crippen LogP contribution in [0, 0.1) is 13.8 Å². The van der Waals surface area contributed by atoms with Crippen LogP contribution in [-0.4, -0.2) is 44.7 Å². The lowest BCUT2D eigenvalue weighted by molar-refractivity contribution is -0.116. The van der Waals surface area contributed by atoms with Gasteiger partial charge in [0.25, 0.3) is 11.5 Å². The summed E-state index contributed by atoms with van der Waals surface area (Å²) in [6, 6.07) is 6.08. The summed E-state index contributed by atoms with van der Waals surface area (Å²) in [7, 11) is 1.45. The van der Waals surface area contributed by atoms with Gasteiger partial charge in [-0.1, -0.05) is 11.2 Å². The van der Waals surface area contributed by atoms with Gasteiger partial charge in [0.05, 0.1) is 18.6 Å². The van der Waals surface area contributed by atoms with Crippen molar-refractivity contribution in [2.45, 2.75) is 39.8 Å². The molecule has 206 valence electrons. The molecule has 40 heavy (non-hydrogen) atoms. The molecule has 0 aliphatic rings. The number of fused-ring (bicyclic) bond motifs is 1. The SMILES string of the molecule is Cc1nc(Cn2c(=O)c3c(ncn3CC(=O)Nc3cccc(-c4cnc(C)c(C(C)(F)F)c4)n3)n(C)c2=O)no1. The van der Waals surface area contributed by atoms with Gasteiger partial charge in [-0.15, -0.1) is 0 Å². The molecule has 0 bridgehead atoms. The molecule has 1 amide bonds. The third-order valence-electron chi connectivity index (χ3n) is 6.16. The van der Waals surface area contributed by atoms with Gasteiger partial charge in [0.15, 0.2) is 17.0 Å². The van der Waals surface area contributed by atoms with E-state index >= 15 is 0 Å². The minimum Gasteiger partial charge on any atom is -0.340 e. The van der Waals surface area contributed by atoms with Crippen molar-refractivity contribution in [1.29, 1.82) is 0 Å². The number of imidazole rings is 1. The highest BCUT2D eigenvalue weighted by atomic mass is 19.3. The number of rotatable bonds is 7. The molecule has 13 nitrogen and oxygen atoms in total. The Bertz CT molecular complexity index is 1880. The predicted octanol–water partition coefficient (Wildman–Crippen LogP) is 2.15. The fourth-order valence-corrected chi connectivity index (χ4v) is 4.25. The van der Waals surface area contributed by atoms with Gasteiger partial charge >= 0.3 is 5.69 Å². The summed E-state index contributed by atoms with van der Waals surface area (Å²) in [6.07, 6.45) is 2.71. The van der Waals surface area contributed by atoms with Crippen LogP contribution in [0.5, 0.6) is 0 Å². The molecule has 0 fully saturated rings. The second-order valence-electron chi connectivity index (χ2n) is 9.21. The highest BCUT2D eigenvalue weighted by Crippen LogP contribution is 2.31. The number of hydrogen-bond donors (Lipinski definition) is 1. The van der Waals surface area contributed by atoms with Crippen molar-refractivity contribution in [3.63, 3.8) is 0 Å². The average Bonchev–Trinajstić information content (AvgIpc) is 3.51. The number of carbonyl (C=O) groups excluding carboxylic acids is 1. The summed E-state index contributed by atoms with van der Waals surface area (Å²) in [5.74, 6) is -3.04. The Morgan fingerprint density at radius 1 is 1.15 bits per heavy atom. The molecule has 0 saturated heterocycles. The molecule has 1 N–H and O–H groups in total. The normalized spacial score (nSPS) is 11.8. The Hall–Kier alpha value is -5.08. The maximum atomic E-state index is 14.0. The van der Waals surface area contributed by atoms with Crippen LogP contribution in [0.2, 0.25) is 0 Å². The third-order valence-corrected chi connectivity index (χ3v) is 6.16. The molecule has 0 saturated carbocycles. The summed E-state index contributed by atoms with van der Waals surface area (Å²) >= 11 is 0. The van der Waals surface area contributed by atoms with Crippen LogP contribution in [0.4, 0.5) is 14.6 Å². The van der Waals surface area contributed by atoms with Gasteiger partial charge < -0.3 is 14.4 Å². The second-order valence-corrected chi connectivity index (χ2v) is 9.21. The fraction of sp³-hybridized carbons (Fsp3) is 0.280. The van der Waals surface area contributed by atoms with Crippen LogP contribution < -0.4 is 16.6 Å². The number of amides is 1. The van der Waals surface area contributed by atoms with Crippen molar-refractivity contribution in [2.24, 2.45) is 7.05 Å². The molecule has 0 aromatic carbocycles. The molecule has 0 spiro atoms. The molecule has 5 rings (SSSR count). The molecule has 0 radical (unpaired) electrons. The van der Waals surface area contributed by atoms with E-state index in [4.69, 9.17) is 4.52 Å². The van der Waals surface area contributed by atoms with E-state index in [9.17, 15) is 23.2 Å². The number of aromatic nitrogens is 8. The summed E-state index contributed by atoms with van der Waals surface area (Å²) in [4.78, 5) is 55.6. The molecule has 0 aliphatic heterocycles. The number of anilines is 1. The van der Waals surface area contributed by atoms with E-state index in [1.54, 1.807) is 19.1 Å². The molecular formula is C25H23F2N9O4. The lowest BCUT2D eigenvalue weighted by atomic mass is 10.0. The molecule has 0 unspecified atom stereocenters. The Labute approximate surface area is 224 Å². The minimum atomic E-state index is -3.08. The zero-order valence-electron chi connectivity index (χ0n) is 21.8. The first-order chi connectivity index (χ1) is 18.9. The largest absolute Gasteiger partial charge is 0.340 e. The van der Waals surface area contributed by atoms with Crippen molar-refractivity contribution >= 4 is 22.9 Å². The predicted molar refractivity (Wildman–Crippen MR) is 138 cm³/mol. The summed E-state index contributed by atoms with van der Waals surface area (Å²) in [5.41, 5.74) is -0.515. The highest BCUT2D eigenvalue weighted by Gasteiger charge is 2.27. The van der Waals surface area contributed by atoms with Crippen LogP contribution in [0.1, 0.15) is 29.9 Å². The van der Waals surface area contributed by atoms with E-state index in [0.717, 1.165) is 11.5 Å². The zero-order valence-corrected chi connectivity index (χ0v) is 21.8. The lowest BCUT2D eigenvalue weighted by Gasteiger charge is -2.14. The molecule has 5 heterocycles. The Morgan fingerprint density at radius 3 is 2.62 bits per heavy atom. The number of alkyl halides is 2. The van der Waals surface area contributed by atoms with Crippen molar-refractivity contribution in [3.8, 4) is 11.3 Å². The summed E-state index contributed by atoms with van der Waals surface area (Å²) < 4.78 is 36.3. The van der Waals surface area contributed by atoms with Crippen LogP contribution in [0.25, 0.3) is 22.4 Å². The Balaban J connectivity index is 1.41. The van der Waals surface area contributed by atoms with Gasteiger partial charge in [-0.25, -0.2) is 23.5 Å². The smallest absolute Gasteiger partial charge is 0.332 e. The van der Waals surface area contributed by atoms with Crippen LogP contribution in [0.15, 0.2) is 50.9 Å². The van der Waals surface area contributed by atoms with Crippen molar-refractivity contribution in [1.82, 2.24) is 38.8 Å². The van der Waals surface area contributed by atoms with Crippen molar-refractivity contribution in [3.05, 3.63) is 80.6 Å². The number of hydrogen-bond acceptors (Lipinski definition) is 9. The minimum absolute atomic E-state index is 0.0259. The number of aryl methyl sites for hydroxylation is 3. The molecule has 0 atom stereocenters. The second kappa shape index (κ2) is 9.91. The van der Waals surface area contributed by atoms with Crippen LogP contribution in [0.3, 0.4) is 0 Å². The Morgan fingerprint density at radius 2 is 1.93 bits per heavy atom. The maximum Gasteiger partial charge on any atom is 0.332 e. The monoisotopic (exact) mass is 551 g/mol. The number of pyridine rings is 2. The lowest BCUT2D eigenvalue weighted by Crippen LogP contribution is -2.40. The standard InChI is InChI=1S/C25H23F2N9O4/c1-13-16(25(3,26)27)8-15(9-28-13)17-6-5-7-18(31-17)32-20(37)11-35-12-29-22-21(35)23(38)36(24(39)34(22)4)10-19-30-14(2)40-33-19/h5-9,12H,10-11H2,1-4H3,(H,31,32,37). The van der Waals surface area contributed by atoms with Gasteiger partial charge in [-0.05, 0) is 25.1 Å². The average molecular weight is 552 g/mol. The first kappa shape index (κ1) is 26.5. The highest BCUT2D eigenvalue weighted by molar-refractivity contribution is 5.90. The quantitative estimate of drug-likeness (QED) is 0.320. The van der Waals surface area contributed by atoms with E-state index in [0.29, 0.717) is 11.3 Å². The van der Waals surface area contributed by atoms with E-state index in [1.807, 2.05) is 0 Å². The van der Waals surface area contributed by atoms with Crippen LogP contribution >= 0.6 is 0 Å². The van der Waals surface area contributed by atoms with Gasteiger partial charge in [0.2, 0.25) is 11.8 Å². The summed E-state index contributed by atoms with van der Waals surface area (Å²) in [6.45, 7) is 3.32. The zero-order chi connectivity index (χ0) is 28.8. The number of nitrogens with one attached hydrogen (secondary N) is 1. The number of nitrogens with zero attached hydrogens (tertiary/aromatic N) is 8. The van der Waals surface area contributed by atoms with Gasteiger partial charge in [-0.2, -0.15) is 4.98 Å². The van der Waals surface area contributed by atoms with E-state index in [1.165, 1.54) is 47.8 Å². The molecule has 15 heteroatoms. The molecule has 0 aliphatic carbocycles. The Kier molecular flexibility index (Phi) is 6.57. The van der Waals surface area contributed by atoms with Gasteiger partial charge in [-0.3, -0.25) is 23.7 Å². The first-order valence-corrected chi connectivity index (χ1v) is 12.0. The topological polar surface area (TPSA) is 156 Å². The molecule has 5 aromatic rings. The van der Waals surface area contributed by atoms with Crippen LogP contribution in [-0.2, 0) is 30.9 Å². The van der Waals surface area contributed by atoms with Crippen molar-refractivity contribution in [2.75, 3.05) is 5.32 Å². The number of carbonyl (C=O) groups is 1. The molecule has 5 aromatic heterocycles. The number of halogens is 2. The molecular weight excluding hydrogens is 528 g/mol. The third kappa shape index (κ3) is 5.00. The maximum absolute atomic E-state index is 14.0. The fourth-order valence-electron chi connectivity index (χ4n) is 4.25. The summed E-state index contributed by atoms with van der Waals surface area (Å²) in [5, 5.41) is 6.37.